The van der Waals surface area contributed by atoms with Gasteiger partial charge in [-0.25, -0.2) is 0 Å². The van der Waals surface area contributed by atoms with Crippen molar-refractivity contribution in [3.05, 3.63) is 76.1 Å². The number of rotatable bonds is 0. The molecule has 0 aliphatic rings. The number of fused-ring (bicyclic) bond motifs is 1. The normalized spacial score (nSPS) is 10.1. The lowest BCUT2D eigenvalue weighted by molar-refractivity contribution is 0.766. The van der Waals surface area contributed by atoms with Crippen LogP contribution in [0.2, 0.25) is 0 Å². The largest absolute Gasteiger partial charge is 0.286 e. The van der Waals surface area contributed by atoms with Crippen LogP contribution in [0, 0.1) is 11.8 Å². The Hall–Kier alpha value is -2.86. The molecule has 0 bridgehead atoms. The fourth-order valence-corrected chi connectivity index (χ4v) is 2.06. The summed E-state index contributed by atoms with van der Waals surface area (Å²) in [4.78, 5) is 12.3. The second kappa shape index (κ2) is 5.02. The molecule has 1 aromatic heterocycles. The molecule has 0 saturated carbocycles. The average Bonchev–Trinajstić information content (AvgIpc) is 2.50. The summed E-state index contributed by atoms with van der Waals surface area (Å²) in [6.07, 6.45) is 0. The predicted molar refractivity (Wildman–Crippen MR) is 79.4 cm³/mol. The SMILES string of the molecule is Cn1nc(C#Cc2ccccc2)c(=O)c2ccccc21. The Balaban J connectivity index is 2.17. The van der Waals surface area contributed by atoms with Crippen molar-refractivity contribution in [1.82, 2.24) is 9.78 Å². The van der Waals surface area contributed by atoms with Gasteiger partial charge in [0.05, 0.1) is 10.9 Å². The van der Waals surface area contributed by atoms with Gasteiger partial charge in [0.2, 0.25) is 5.43 Å². The van der Waals surface area contributed by atoms with Crippen molar-refractivity contribution in [1.29, 1.82) is 0 Å². The van der Waals surface area contributed by atoms with Gasteiger partial charge in [-0.3, -0.25) is 9.48 Å². The van der Waals surface area contributed by atoms with Gasteiger partial charge in [0.25, 0.3) is 0 Å². The molecule has 0 saturated heterocycles. The third-order valence-corrected chi connectivity index (χ3v) is 3.06. The van der Waals surface area contributed by atoms with E-state index in [-0.39, 0.29) is 11.1 Å². The summed E-state index contributed by atoms with van der Waals surface area (Å²) in [6.45, 7) is 0. The number of hydrogen-bond donors (Lipinski definition) is 0. The Kier molecular flexibility index (Phi) is 3.06. The van der Waals surface area contributed by atoms with Crippen molar-refractivity contribution in [2.75, 3.05) is 0 Å². The van der Waals surface area contributed by atoms with Crippen LogP contribution in [-0.2, 0) is 7.05 Å². The zero-order valence-corrected chi connectivity index (χ0v) is 11.0. The molecular formula is C17H12N2O. The Morgan fingerprint density at radius 3 is 2.45 bits per heavy atom. The molecule has 0 atom stereocenters. The Morgan fingerprint density at radius 1 is 0.950 bits per heavy atom. The second-order valence-electron chi connectivity index (χ2n) is 4.43. The van der Waals surface area contributed by atoms with Gasteiger partial charge in [-0.2, -0.15) is 5.10 Å². The van der Waals surface area contributed by atoms with Gasteiger partial charge >= 0.3 is 0 Å². The van der Waals surface area contributed by atoms with Crippen LogP contribution in [0.3, 0.4) is 0 Å². The molecule has 3 rings (SSSR count). The molecule has 0 radical (unpaired) electrons. The van der Waals surface area contributed by atoms with Crippen LogP contribution in [0.25, 0.3) is 10.9 Å². The van der Waals surface area contributed by atoms with Crippen molar-refractivity contribution < 1.29 is 0 Å². The first-order chi connectivity index (χ1) is 9.75. The first kappa shape index (κ1) is 12.2. The average molecular weight is 260 g/mol. The molecule has 0 amide bonds. The van der Waals surface area contributed by atoms with Gasteiger partial charge in [0.1, 0.15) is 0 Å². The lowest BCUT2D eigenvalue weighted by atomic mass is 10.2. The van der Waals surface area contributed by atoms with E-state index in [0.29, 0.717) is 5.39 Å². The van der Waals surface area contributed by atoms with Gasteiger partial charge < -0.3 is 0 Å². The van der Waals surface area contributed by atoms with Crippen LogP contribution in [0.5, 0.6) is 0 Å². The molecule has 0 aliphatic carbocycles. The highest BCUT2D eigenvalue weighted by atomic mass is 16.1. The van der Waals surface area contributed by atoms with Crippen molar-refractivity contribution in [2.45, 2.75) is 0 Å². The highest BCUT2D eigenvalue weighted by Crippen LogP contribution is 2.07. The molecule has 96 valence electrons. The number of nitrogens with zero attached hydrogens (tertiary/aromatic N) is 2. The lowest BCUT2D eigenvalue weighted by Crippen LogP contribution is -2.15. The van der Waals surface area contributed by atoms with Crippen molar-refractivity contribution in [3.8, 4) is 11.8 Å². The van der Waals surface area contributed by atoms with Gasteiger partial charge in [0, 0.05) is 12.6 Å². The molecule has 0 unspecified atom stereocenters. The predicted octanol–water partition coefficient (Wildman–Crippen LogP) is 2.33. The Bertz CT molecular complexity index is 883. The summed E-state index contributed by atoms with van der Waals surface area (Å²) < 4.78 is 1.69. The highest BCUT2D eigenvalue weighted by Gasteiger charge is 2.06. The Labute approximate surface area is 116 Å². The minimum Gasteiger partial charge on any atom is -0.286 e. The quantitative estimate of drug-likeness (QED) is 0.581. The number of para-hydroxylation sites is 1. The van der Waals surface area contributed by atoms with Crippen LogP contribution < -0.4 is 5.43 Å². The topological polar surface area (TPSA) is 34.9 Å². The minimum atomic E-state index is -0.123. The second-order valence-corrected chi connectivity index (χ2v) is 4.43. The first-order valence-corrected chi connectivity index (χ1v) is 6.29. The summed E-state index contributed by atoms with van der Waals surface area (Å²) in [5.41, 5.74) is 1.82. The van der Waals surface area contributed by atoms with E-state index in [0.717, 1.165) is 11.1 Å². The summed E-state index contributed by atoms with van der Waals surface area (Å²) in [5.74, 6) is 5.84. The van der Waals surface area contributed by atoms with Crippen LogP contribution in [0.4, 0.5) is 0 Å². The molecule has 20 heavy (non-hydrogen) atoms. The monoisotopic (exact) mass is 260 g/mol. The maximum atomic E-state index is 12.3. The van der Waals surface area contributed by atoms with Crippen molar-refractivity contribution >= 4 is 10.9 Å². The number of aromatic nitrogens is 2. The molecule has 3 aromatic rings. The molecule has 1 heterocycles. The smallest absolute Gasteiger partial charge is 0.223 e. The standard InChI is InChI=1S/C17H12N2O/c1-19-16-10-6-5-9-14(16)17(20)15(18-19)12-11-13-7-3-2-4-8-13/h2-10H,1H3. The van der Waals surface area contributed by atoms with E-state index in [1.807, 2.05) is 55.6 Å². The zero-order chi connectivity index (χ0) is 13.9. The fraction of sp³-hybridized carbons (Fsp3) is 0.0588. The summed E-state index contributed by atoms with van der Waals surface area (Å²) in [7, 11) is 1.81. The van der Waals surface area contributed by atoms with Gasteiger partial charge in [-0.05, 0) is 30.2 Å². The summed E-state index contributed by atoms with van der Waals surface area (Å²) in [5, 5.41) is 4.89. The molecule has 0 aliphatic heterocycles. The van der Waals surface area contributed by atoms with E-state index < -0.39 is 0 Å². The molecule has 0 N–H and O–H groups in total. The minimum absolute atomic E-state index is 0.123. The van der Waals surface area contributed by atoms with E-state index in [9.17, 15) is 4.79 Å². The molecule has 3 nitrogen and oxygen atoms in total. The molecule has 0 fully saturated rings. The zero-order valence-electron chi connectivity index (χ0n) is 11.0. The number of benzene rings is 2. The summed E-state index contributed by atoms with van der Waals surface area (Å²) >= 11 is 0. The summed E-state index contributed by atoms with van der Waals surface area (Å²) in [6, 6.07) is 17.0. The van der Waals surface area contributed by atoms with E-state index in [1.165, 1.54) is 0 Å². The van der Waals surface area contributed by atoms with Crippen LogP contribution in [0.15, 0.2) is 59.4 Å². The highest BCUT2D eigenvalue weighted by molar-refractivity contribution is 5.79. The maximum Gasteiger partial charge on any atom is 0.223 e. The van der Waals surface area contributed by atoms with Gasteiger partial charge in [-0.15, -0.1) is 0 Å². The molecule has 0 spiro atoms. The fourth-order valence-electron chi connectivity index (χ4n) is 2.06. The van der Waals surface area contributed by atoms with E-state index in [4.69, 9.17) is 0 Å². The van der Waals surface area contributed by atoms with E-state index in [1.54, 1.807) is 10.7 Å². The van der Waals surface area contributed by atoms with E-state index >= 15 is 0 Å². The van der Waals surface area contributed by atoms with Crippen molar-refractivity contribution in [3.63, 3.8) is 0 Å². The Morgan fingerprint density at radius 2 is 1.65 bits per heavy atom. The number of hydrogen-bond acceptors (Lipinski definition) is 2. The molecular weight excluding hydrogens is 248 g/mol. The van der Waals surface area contributed by atoms with Crippen LogP contribution in [0.1, 0.15) is 11.3 Å². The molecule has 3 heteroatoms. The van der Waals surface area contributed by atoms with E-state index in [2.05, 4.69) is 16.9 Å². The third-order valence-electron chi connectivity index (χ3n) is 3.06. The lowest BCUT2D eigenvalue weighted by Gasteiger charge is -2.03. The third kappa shape index (κ3) is 2.19. The van der Waals surface area contributed by atoms with Crippen LogP contribution >= 0.6 is 0 Å². The van der Waals surface area contributed by atoms with Gasteiger partial charge in [0.15, 0.2) is 5.69 Å². The van der Waals surface area contributed by atoms with Crippen LogP contribution in [-0.4, -0.2) is 9.78 Å². The van der Waals surface area contributed by atoms with Gasteiger partial charge in [-0.1, -0.05) is 36.3 Å². The maximum absolute atomic E-state index is 12.3. The van der Waals surface area contributed by atoms with Crippen molar-refractivity contribution in [2.24, 2.45) is 7.05 Å². The number of aryl methyl sites for hydroxylation is 1. The molecule has 2 aromatic carbocycles. The first-order valence-electron chi connectivity index (χ1n) is 6.29.